The molecule has 0 aliphatic rings. The average Bonchev–Trinajstić information content (AvgIpc) is 0.763. The Morgan fingerprint density at radius 2 is 0.274 bits per heavy atom. The molecule has 0 atom stereocenters. The molecule has 0 aliphatic heterocycles. The molecule has 0 unspecified atom stereocenters. The molecule has 27 aromatic rings. The molecule has 0 aliphatic carbocycles. The summed E-state index contributed by atoms with van der Waals surface area (Å²) in [5.74, 6) is 2.11. The second kappa shape index (κ2) is 39.4. The molecule has 24 aromatic carbocycles. The highest BCUT2D eigenvalue weighted by Crippen LogP contribution is 2.46. The zero-order valence-corrected chi connectivity index (χ0v) is 79.8. The lowest BCUT2D eigenvalue weighted by Gasteiger charge is -2.15. The van der Waals surface area contributed by atoms with E-state index in [1.54, 1.807) is 0 Å². The fraction of sp³-hybridized carbons (Fsp3) is 0. The third-order valence-corrected chi connectivity index (χ3v) is 28.0. The van der Waals surface area contributed by atoms with Gasteiger partial charge in [-0.05, 0) is 243 Å². The molecular formula is C140H92N6. The molecule has 3 heterocycles. The summed E-state index contributed by atoms with van der Waals surface area (Å²) >= 11 is 0. The maximum atomic E-state index is 5.28. The van der Waals surface area contributed by atoms with E-state index in [2.05, 4.69) is 516 Å². The molecule has 0 fully saturated rings. The van der Waals surface area contributed by atoms with Crippen molar-refractivity contribution in [2.24, 2.45) is 0 Å². The Balaban J connectivity index is 0.000000115. The van der Waals surface area contributed by atoms with Gasteiger partial charge in [0.1, 0.15) is 0 Å². The van der Waals surface area contributed by atoms with Crippen LogP contribution in [0.25, 0.3) is 266 Å². The highest BCUT2D eigenvalue weighted by molar-refractivity contribution is 6.18. The van der Waals surface area contributed by atoms with Crippen molar-refractivity contribution in [1.29, 1.82) is 0 Å². The molecular weight excluding hydrogens is 1770 g/mol. The van der Waals surface area contributed by atoms with Crippen LogP contribution in [0.15, 0.2) is 558 Å². The maximum Gasteiger partial charge on any atom is 0.160 e. The number of aromatic nitrogens is 6. The second-order valence-corrected chi connectivity index (χ2v) is 37.0. The molecule has 6 heteroatoms. The molecule has 682 valence electrons. The molecule has 0 radical (unpaired) electrons. The standard InChI is InChI=1S/C50H32N2.C48H32N2.C42H28N2/c1-2-14-33(15-3-1)48-32-49(38-20-12-18-34(28-38)46-30-36-16-4-6-22-40(36)42-24-8-10-26-44(42)46)52-50(51-48)39-21-13-19-35(29-39)47-31-37-17-5-7-23-41(37)43-25-9-11-27-45(43)47;1-3-12-33(13-4-1)35-22-26-37(27-23-35)46-32-47(50-48(49-46)38-28-24-36(25-29-38)34-14-5-2-6-15-34)41-18-11-17-39(30-41)45-31-40-16-7-8-19-42(40)43-20-9-10-21-44(43)45;1-4-14-29(15-5-1)33-24-34(39-27-32-20-10-11-21-36(32)37-22-12-13-23-38(37)39)26-35(25-33)41-28-40(30-16-6-2-7-17-30)43-42(44-41)31-18-8-3-9-19-31/h1-32H;1-32H;1-28H. The van der Waals surface area contributed by atoms with Crippen molar-refractivity contribution in [2.75, 3.05) is 0 Å². The SMILES string of the molecule is c1ccc(-c2cc(-c3cc(-c4ccccc4)nc(-c4ccccc4)n3)cc(-c3cc4ccccc4c4ccccc34)c2)cc1.c1ccc(-c2cc(-c3cccc(-c4cc5ccccc5c5ccccc45)c3)nc(-c3cccc(-c4cc5ccccc5c5ccccc45)c3)n2)cc1.c1ccc(-c2ccc(-c3cc(-c4cccc(-c5cc6ccccc6c6ccccc56)c4)nc(-c4ccc(-c5ccccc5)cc4)n3)cc2)cc1. The zero-order chi connectivity index (χ0) is 97.0. The van der Waals surface area contributed by atoms with Crippen molar-refractivity contribution in [3.63, 3.8) is 0 Å². The van der Waals surface area contributed by atoms with Crippen molar-refractivity contribution in [3.8, 4) is 180 Å². The third-order valence-electron chi connectivity index (χ3n) is 28.0. The van der Waals surface area contributed by atoms with Crippen molar-refractivity contribution in [3.05, 3.63) is 558 Å². The largest absolute Gasteiger partial charge is 0.228 e. The van der Waals surface area contributed by atoms with Gasteiger partial charge in [0, 0.05) is 50.1 Å². The van der Waals surface area contributed by atoms with Gasteiger partial charge >= 0.3 is 0 Å². The number of hydrogen-bond acceptors (Lipinski definition) is 6. The van der Waals surface area contributed by atoms with Crippen LogP contribution < -0.4 is 0 Å². The van der Waals surface area contributed by atoms with E-state index in [4.69, 9.17) is 29.9 Å². The van der Waals surface area contributed by atoms with E-state index in [1.165, 1.54) is 131 Å². The van der Waals surface area contributed by atoms with Crippen LogP contribution in [0.3, 0.4) is 0 Å². The first-order valence-electron chi connectivity index (χ1n) is 49.6. The van der Waals surface area contributed by atoms with E-state index in [0.29, 0.717) is 17.5 Å². The van der Waals surface area contributed by atoms with Crippen molar-refractivity contribution < 1.29 is 0 Å². The normalized spacial score (nSPS) is 11.3. The van der Waals surface area contributed by atoms with Crippen LogP contribution in [-0.4, -0.2) is 29.9 Å². The Morgan fingerprint density at radius 3 is 0.616 bits per heavy atom. The van der Waals surface area contributed by atoms with Gasteiger partial charge in [-0.3, -0.25) is 0 Å². The Labute approximate surface area is 847 Å². The van der Waals surface area contributed by atoms with Crippen LogP contribution >= 0.6 is 0 Å². The van der Waals surface area contributed by atoms with Crippen LogP contribution in [0.1, 0.15) is 0 Å². The number of hydrogen-bond donors (Lipinski definition) is 0. The molecule has 6 nitrogen and oxygen atoms in total. The fourth-order valence-corrected chi connectivity index (χ4v) is 20.7. The summed E-state index contributed by atoms with van der Waals surface area (Å²) in [6.45, 7) is 0. The fourth-order valence-electron chi connectivity index (χ4n) is 20.7. The van der Waals surface area contributed by atoms with Crippen molar-refractivity contribution >= 4 is 86.2 Å². The summed E-state index contributed by atoms with van der Waals surface area (Å²) in [5.41, 5.74) is 31.1. The molecule has 0 spiro atoms. The van der Waals surface area contributed by atoms with Crippen LogP contribution in [0, 0.1) is 0 Å². The van der Waals surface area contributed by atoms with E-state index in [0.717, 1.165) is 118 Å². The van der Waals surface area contributed by atoms with Gasteiger partial charge < -0.3 is 0 Å². The topological polar surface area (TPSA) is 77.3 Å². The van der Waals surface area contributed by atoms with Gasteiger partial charge in [-0.2, -0.15) is 0 Å². The molecule has 0 amide bonds. The summed E-state index contributed by atoms with van der Waals surface area (Å²) in [4.78, 5) is 31.0. The summed E-state index contributed by atoms with van der Waals surface area (Å²) in [6, 6.07) is 198. The van der Waals surface area contributed by atoms with Gasteiger partial charge in [-0.1, -0.05) is 479 Å². The molecule has 146 heavy (non-hydrogen) atoms. The molecule has 0 saturated heterocycles. The maximum absolute atomic E-state index is 5.28. The van der Waals surface area contributed by atoms with Crippen LogP contribution in [0.5, 0.6) is 0 Å². The van der Waals surface area contributed by atoms with Gasteiger partial charge in [-0.25, -0.2) is 29.9 Å². The number of rotatable bonds is 16. The van der Waals surface area contributed by atoms with E-state index >= 15 is 0 Å². The number of benzene rings is 24. The zero-order valence-electron chi connectivity index (χ0n) is 79.8. The van der Waals surface area contributed by atoms with Crippen LogP contribution in [0.2, 0.25) is 0 Å². The minimum Gasteiger partial charge on any atom is -0.228 e. The van der Waals surface area contributed by atoms with Gasteiger partial charge in [0.25, 0.3) is 0 Å². The van der Waals surface area contributed by atoms with E-state index in [-0.39, 0.29) is 0 Å². The smallest absolute Gasteiger partial charge is 0.160 e. The summed E-state index contributed by atoms with van der Waals surface area (Å²) in [6.07, 6.45) is 0. The van der Waals surface area contributed by atoms with Crippen molar-refractivity contribution in [2.45, 2.75) is 0 Å². The van der Waals surface area contributed by atoms with Gasteiger partial charge in [0.05, 0.1) is 34.2 Å². The molecule has 0 N–H and O–H groups in total. The lowest BCUT2D eigenvalue weighted by atomic mass is 9.90. The van der Waals surface area contributed by atoms with Gasteiger partial charge in [0.2, 0.25) is 0 Å². The minimum atomic E-state index is 0.699. The first-order valence-corrected chi connectivity index (χ1v) is 49.6. The summed E-state index contributed by atoms with van der Waals surface area (Å²) < 4.78 is 0. The Kier molecular flexibility index (Phi) is 23.7. The first kappa shape index (κ1) is 88.1. The van der Waals surface area contributed by atoms with E-state index in [9.17, 15) is 0 Å². The lowest BCUT2D eigenvalue weighted by Crippen LogP contribution is -1.96. The first-order chi connectivity index (χ1) is 72.3. The Hall–Kier alpha value is -19.4. The number of nitrogens with zero attached hydrogens (tertiary/aromatic N) is 6. The predicted octanol–water partition coefficient (Wildman–Crippen LogP) is 37.3. The number of fused-ring (bicyclic) bond motifs is 12. The molecule has 0 bridgehead atoms. The second-order valence-electron chi connectivity index (χ2n) is 37.0. The monoisotopic (exact) mass is 1860 g/mol. The van der Waals surface area contributed by atoms with E-state index < -0.39 is 0 Å². The molecule has 27 rings (SSSR count). The van der Waals surface area contributed by atoms with Crippen LogP contribution in [0.4, 0.5) is 0 Å². The summed E-state index contributed by atoms with van der Waals surface area (Å²) in [7, 11) is 0. The van der Waals surface area contributed by atoms with Crippen molar-refractivity contribution in [1.82, 2.24) is 29.9 Å². The predicted molar refractivity (Wildman–Crippen MR) is 613 cm³/mol. The Bertz CT molecular complexity index is 9240. The van der Waals surface area contributed by atoms with Gasteiger partial charge in [-0.15, -0.1) is 0 Å². The average molecular weight is 1860 g/mol. The van der Waals surface area contributed by atoms with E-state index in [1.807, 2.05) is 42.5 Å². The quantitative estimate of drug-likeness (QED) is 0.0897. The lowest BCUT2D eigenvalue weighted by molar-refractivity contribution is 1.18. The highest BCUT2D eigenvalue weighted by Gasteiger charge is 2.22. The molecule has 3 aromatic heterocycles. The highest BCUT2D eigenvalue weighted by atomic mass is 14.9. The summed E-state index contributed by atoms with van der Waals surface area (Å²) in [5, 5.41) is 20.0. The Morgan fingerprint density at radius 1 is 0.0890 bits per heavy atom. The molecule has 0 saturated carbocycles. The van der Waals surface area contributed by atoms with Crippen LogP contribution in [-0.2, 0) is 0 Å². The third kappa shape index (κ3) is 17.8. The van der Waals surface area contributed by atoms with Gasteiger partial charge in [0.15, 0.2) is 17.5 Å². The minimum absolute atomic E-state index is 0.699.